The Morgan fingerprint density at radius 1 is 1.15 bits per heavy atom. The second-order valence-corrected chi connectivity index (χ2v) is 4.96. The van der Waals surface area contributed by atoms with Crippen LogP contribution < -0.4 is 5.32 Å². The molecule has 0 spiro atoms. The van der Waals surface area contributed by atoms with Crippen molar-refractivity contribution in [1.29, 1.82) is 0 Å². The Hall–Kier alpha value is -1.59. The zero-order valence-electron chi connectivity index (χ0n) is 12.9. The van der Waals surface area contributed by atoms with Gasteiger partial charge in [0.1, 0.15) is 0 Å². The first-order valence-electron chi connectivity index (χ1n) is 7.08. The molecule has 0 atom stereocenters. The summed E-state index contributed by atoms with van der Waals surface area (Å²) in [6, 6.07) is 0. The van der Waals surface area contributed by atoms with Crippen molar-refractivity contribution in [3.05, 3.63) is 0 Å². The average molecular weight is 286 g/mol. The number of likely N-dealkylation sites (N-methyl/N-ethyl adjacent to an activating group) is 1. The molecule has 2 amide bonds. The summed E-state index contributed by atoms with van der Waals surface area (Å²) < 4.78 is 0. The predicted octanol–water partition coefficient (Wildman–Crippen LogP) is 1.25. The number of carbonyl (C=O) groups is 3. The highest BCUT2D eigenvalue weighted by Gasteiger charge is 2.38. The summed E-state index contributed by atoms with van der Waals surface area (Å²) in [7, 11) is 1.51. The highest BCUT2D eigenvalue weighted by molar-refractivity contribution is 5.88. The molecule has 116 valence electrons. The molecule has 2 N–H and O–H groups in total. The first-order valence-corrected chi connectivity index (χ1v) is 7.08. The minimum atomic E-state index is -1.04. The van der Waals surface area contributed by atoms with Crippen LogP contribution in [0.5, 0.6) is 0 Å². The molecule has 0 aliphatic carbocycles. The van der Waals surface area contributed by atoms with Crippen LogP contribution in [-0.4, -0.2) is 47.9 Å². The maximum Gasteiger partial charge on any atom is 0.310 e. The lowest BCUT2D eigenvalue weighted by molar-refractivity contribution is -0.154. The molecule has 0 aromatic heterocycles. The smallest absolute Gasteiger partial charge is 0.310 e. The lowest BCUT2D eigenvalue weighted by atomic mass is 9.79. The van der Waals surface area contributed by atoms with E-state index in [0.717, 1.165) is 6.42 Å². The third-order valence-electron chi connectivity index (χ3n) is 3.76. The third-order valence-corrected chi connectivity index (χ3v) is 3.76. The van der Waals surface area contributed by atoms with Crippen LogP contribution in [0.1, 0.15) is 46.5 Å². The van der Waals surface area contributed by atoms with Gasteiger partial charge in [-0.15, -0.1) is 0 Å². The van der Waals surface area contributed by atoms with E-state index in [2.05, 4.69) is 5.32 Å². The Labute approximate surface area is 120 Å². The molecule has 0 rings (SSSR count). The van der Waals surface area contributed by atoms with Crippen LogP contribution in [0.4, 0.5) is 0 Å². The number of nitrogens with one attached hydrogen (secondary N) is 1. The maximum atomic E-state index is 12.3. The van der Waals surface area contributed by atoms with Crippen molar-refractivity contribution in [2.75, 3.05) is 20.1 Å². The normalized spacial score (nSPS) is 11.0. The monoisotopic (exact) mass is 286 g/mol. The van der Waals surface area contributed by atoms with Gasteiger partial charge in [-0.25, -0.2) is 0 Å². The van der Waals surface area contributed by atoms with Gasteiger partial charge in [-0.1, -0.05) is 20.8 Å². The molecule has 20 heavy (non-hydrogen) atoms. The molecule has 0 aromatic rings. The van der Waals surface area contributed by atoms with Crippen LogP contribution in [-0.2, 0) is 14.4 Å². The number of aliphatic carboxylic acids is 1. The van der Waals surface area contributed by atoms with E-state index in [9.17, 15) is 19.5 Å². The van der Waals surface area contributed by atoms with Crippen LogP contribution >= 0.6 is 0 Å². The quantitative estimate of drug-likeness (QED) is 0.668. The number of rotatable bonds is 9. The summed E-state index contributed by atoms with van der Waals surface area (Å²) in [5, 5.41) is 11.8. The molecule has 6 nitrogen and oxygen atoms in total. The van der Waals surface area contributed by atoms with Gasteiger partial charge >= 0.3 is 5.97 Å². The van der Waals surface area contributed by atoms with E-state index in [1.807, 2.05) is 6.92 Å². The lowest BCUT2D eigenvalue weighted by Crippen LogP contribution is -2.43. The number of carboxylic acids is 1. The maximum absolute atomic E-state index is 12.3. The molecular weight excluding hydrogens is 260 g/mol. The number of nitrogens with zero attached hydrogens (tertiary/aromatic N) is 1. The summed E-state index contributed by atoms with van der Waals surface area (Å²) >= 11 is 0. The largest absolute Gasteiger partial charge is 0.481 e. The lowest BCUT2D eigenvalue weighted by Gasteiger charge is -2.29. The highest BCUT2D eigenvalue weighted by Crippen LogP contribution is 2.31. The van der Waals surface area contributed by atoms with E-state index in [4.69, 9.17) is 0 Å². The van der Waals surface area contributed by atoms with Gasteiger partial charge in [0.2, 0.25) is 11.8 Å². The first-order chi connectivity index (χ1) is 9.36. The van der Waals surface area contributed by atoms with E-state index in [1.165, 1.54) is 11.9 Å². The Balaban J connectivity index is 4.97. The SMILES string of the molecule is CCCN(CC(=O)NC)C(=O)CC(CC)(CC)C(=O)O. The van der Waals surface area contributed by atoms with Gasteiger partial charge in [0.15, 0.2) is 0 Å². The molecule has 0 saturated heterocycles. The second kappa shape index (κ2) is 8.55. The molecule has 6 heteroatoms. The molecule has 0 heterocycles. The third kappa shape index (κ3) is 4.83. The van der Waals surface area contributed by atoms with Gasteiger partial charge in [-0.3, -0.25) is 14.4 Å². The van der Waals surface area contributed by atoms with Crippen molar-refractivity contribution in [2.24, 2.45) is 5.41 Å². The average Bonchev–Trinajstić information content (AvgIpc) is 2.43. The van der Waals surface area contributed by atoms with Crippen molar-refractivity contribution in [2.45, 2.75) is 46.5 Å². The summed E-state index contributed by atoms with van der Waals surface area (Å²) in [4.78, 5) is 36.6. The van der Waals surface area contributed by atoms with Gasteiger partial charge in [-0.2, -0.15) is 0 Å². The van der Waals surface area contributed by atoms with Gasteiger partial charge in [0.05, 0.1) is 12.0 Å². The second-order valence-electron chi connectivity index (χ2n) is 4.96. The fourth-order valence-electron chi connectivity index (χ4n) is 2.09. The molecule has 0 aliphatic heterocycles. The van der Waals surface area contributed by atoms with E-state index in [1.54, 1.807) is 13.8 Å². The molecular formula is C14H26N2O4. The van der Waals surface area contributed by atoms with Gasteiger partial charge < -0.3 is 15.3 Å². The number of hydrogen-bond acceptors (Lipinski definition) is 3. The minimum absolute atomic E-state index is 0.0215. The molecule has 0 bridgehead atoms. The van der Waals surface area contributed by atoms with Crippen molar-refractivity contribution in [1.82, 2.24) is 10.2 Å². The Bertz CT molecular complexity index is 351. The molecule has 0 fully saturated rings. The molecule has 0 unspecified atom stereocenters. The molecule has 0 aromatic carbocycles. The number of amides is 2. The van der Waals surface area contributed by atoms with Crippen molar-refractivity contribution in [3.63, 3.8) is 0 Å². The van der Waals surface area contributed by atoms with Crippen LogP contribution in [0.2, 0.25) is 0 Å². The number of hydrogen-bond donors (Lipinski definition) is 2. The summed E-state index contributed by atoms with van der Waals surface area (Å²) in [5.74, 6) is -1.48. The summed E-state index contributed by atoms with van der Waals surface area (Å²) in [5.41, 5.74) is -1.04. The standard InChI is InChI=1S/C14H26N2O4/c1-5-8-16(10-11(17)15-4)12(18)9-14(6-2,7-3)13(19)20/h5-10H2,1-4H3,(H,15,17)(H,19,20). The predicted molar refractivity (Wildman–Crippen MR) is 76.2 cm³/mol. The van der Waals surface area contributed by atoms with E-state index in [0.29, 0.717) is 19.4 Å². The fraction of sp³-hybridized carbons (Fsp3) is 0.786. The number of carboxylic acid groups (broad SMARTS) is 1. The van der Waals surface area contributed by atoms with Crippen LogP contribution in [0.15, 0.2) is 0 Å². The van der Waals surface area contributed by atoms with E-state index >= 15 is 0 Å². The fourth-order valence-corrected chi connectivity index (χ4v) is 2.09. The van der Waals surface area contributed by atoms with Gasteiger partial charge in [0, 0.05) is 20.0 Å². The number of carbonyl (C=O) groups excluding carboxylic acids is 2. The Morgan fingerprint density at radius 2 is 1.70 bits per heavy atom. The van der Waals surface area contributed by atoms with Crippen LogP contribution in [0.25, 0.3) is 0 Å². The van der Waals surface area contributed by atoms with E-state index in [-0.39, 0.29) is 24.8 Å². The van der Waals surface area contributed by atoms with Crippen LogP contribution in [0.3, 0.4) is 0 Å². The molecule has 0 radical (unpaired) electrons. The van der Waals surface area contributed by atoms with Crippen molar-refractivity contribution >= 4 is 17.8 Å². The molecule has 0 saturated carbocycles. The van der Waals surface area contributed by atoms with Gasteiger partial charge in [0.25, 0.3) is 0 Å². The summed E-state index contributed by atoms with van der Waals surface area (Å²) in [6.07, 6.45) is 1.45. The zero-order chi connectivity index (χ0) is 15.8. The van der Waals surface area contributed by atoms with Gasteiger partial charge in [-0.05, 0) is 19.3 Å². The Kier molecular flexibility index (Phi) is 7.87. The summed E-state index contributed by atoms with van der Waals surface area (Å²) in [6.45, 7) is 5.89. The zero-order valence-corrected chi connectivity index (χ0v) is 12.9. The minimum Gasteiger partial charge on any atom is -0.481 e. The first kappa shape index (κ1) is 18.4. The topological polar surface area (TPSA) is 86.7 Å². The Morgan fingerprint density at radius 3 is 2.05 bits per heavy atom. The highest BCUT2D eigenvalue weighted by atomic mass is 16.4. The van der Waals surface area contributed by atoms with E-state index < -0.39 is 11.4 Å². The van der Waals surface area contributed by atoms with Crippen molar-refractivity contribution < 1.29 is 19.5 Å². The van der Waals surface area contributed by atoms with Crippen LogP contribution in [0, 0.1) is 5.41 Å². The molecule has 0 aliphatic rings. The van der Waals surface area contributed by atoms with Crippen molar-refractivity contribution in [3.8, 4) is 0 Å².